The van der Waals surface area contributed by atoms with Crippen molar-refractivity contribution in [1.29, 1.82) is 0 Å². The number of carbonyl (C=O) groups excluding carboxylic acids is 1. The van der Waals surface area contributed by atoms with E-state index in [1.165, 1.54) is 0 Å². The summed E-state index contributed by atoms with van der Waals surface area (Å²) < 4.78 is 11.8. The summed E-state index contributed by atoms with van der Waals surface area (Å²) in [6.45, 7) is 2.50. The molecule has 0 aliphatic carbocycles. The van der Waals surface area contributed by atoms with Crippen LogP contribution in [-0.2, 0) is 9.53 Å². The molecule has 3 rings (SSSR count). The van der Waals surface area contributed by atoms with E-state index >= 15 is 0 Å². The first-order valence-corrected chi connectivity index (χ1v) is 8.88. The lowest BCUT2D eigenvalue weighted by Gasteiger charge is -2.26. The van der Waals surface area contributed by atoms with Crippen molar-refractivity contribution < 1.29 is 14.3 Å². The van der Waals surface area contributed by atoms with Crippen molar-refractivity contribution in [2.75, 3.05) is 32.9 Å². The maximum absolute atomic E-state index is 12.0. The first kappa shape index (κ1) is 17.6. The standard InChI is InChI=1S/C19H19BrN2O3/c20-16-3-5-17(6-4-16)21-13-15-1-7-18(8-2-15)25-14-19(23)22-9-11-24-12-10-22/h1-8,13H,9-12,14H2. The highest BCUT2D eigenvalue weighted by Gasteiger charge is 2.16. The summed E-state index contributed by atoms with van der Waals surface area (Å²) in [7, 11) is 0. The number of aliphatic imine (C=N–C) groups is 1. The van der Waals surface area contributed by atoms with Gasteiger partial charge in [0, 0.05) is 23.8 Å². The smallest absolute Gasteiger partial charge is 0.260 e. The van der Waals surface area contributed by atoms with Gasteiger partial charge in [0.25, 0.3) is 5.91 Å². The number of carbonyl (C=O) groups is 1. The summed E-state index contributed by atoms with van der Waals surface area (Å²) >= 11 is 3.40. The Hall–Kier alpha value is -2.18. The Labute approximate surface area is 155 Å². The molecule has 0 bridgehead atoms. The highest BCUT2D eigenvalue weighted by Crippen LogP contribution is 2.17. The van der Waals surface area contributed by atoms with Crippen LogP contribution >= 0.6 is 15.9 Å². The molecule has 1 aliphatic rings. The van der Waals surface area contributed by atoms with Gasteiger partial charge in [-0.25, -0.2) is 0 Å². The van der Waals surface area contributed by atoms with Crippen LogP contribution in [0.15, 0.2) is 58.0 Å². The van der Waals surface area contributed by atoms with Crippen LogP contribution in [0.4, 0.5) is 5.69 Å². The van der Waals surface area contributed by atoms with Crippen molar-refractivity contribution in [3.63, 3.8) is 0 Å². The third-order valence-corrected chi connectivity index (χ3v) is 4.32. The zero-order valence-corrected chi connectivity index (χ0v) is 15.3. The molecular weight excluding hydrogens is 384 g/mol. The summed E-state index contributed by atoms with van der Waals surface area (Å²) in [4.78, 5) is 18.2. The fourth-order valence-electron chi connectivity index (χ4n) is 2.38. The first-order chi connectivity index (χ1) is 12.2. The molecule has 1 heterocycles. The zero-order chi connectivity index (χ0) is 17.5. The molecule has 0 spiro atoms. The Kier molecular flexibility index (Phi) is 6.19. The SMILES string of the molecule is O=C(COc1ccc(C=Nc2ccc(Br)cc2)cc1)N1CCOCC1. The molecule has 1 aliphatic heterocycles. The summed E-state index contributed by atoms with van der Waals surface area (Å²) in [5.74, 6) is 0.659. The van der Waals surface area contributed by atoms with Crippen molar-refractivity contribution in [2.45, 2.75) is 0 Å². The Balaban J connectivity index is 1.51. The minimum Gasteiger partial charge on any atom is -0.484 e. The van der Waals surface area contributed by atoms with Gasteiger partial charge in [-0.2, -0.15) is 0 Å². The number of hydrogen-bond donors (Lipinski definition) is 0. The van der Waals surface area contributed by atoms with Crippen molar-refractivity contribution in [3.8, 4) is 5.75 Å². The van der Waals surface area contributed by atoms with Gasteiger partial charge in [-0.15, -0.1) is 0 Å². The van der Waals surface area contributed by atoms with Crippen LogP contribution in [0, 0.1) is 0 Å². The number of benzene rings is 2. The van der Waals surface area contributed by atoms with Crippen LogP contribution in [0.3, 0.4) is 0 Å². The normalized spacial score (nSPS) is 14.7. The van der Waals surface area contributed by atoms with E-state index in [1.54, 1.807) is 11.1 Å². The largest absolute Gasteiger partial charge is 0.484 e. The third-order valence-electron chi connectivity index (χ3n) is 3.80. The first-order valence-electron chi connectivity index (χ1n) is 8.09. The second-order valence-electron chi connectivity index (χ2n) is 5.59. The van der Waals surface area contributed by atoms with Crippen molar-refractivity contribution in [3.05, 3.63) is 58.6 Å². The number of nitrogens with zero attached hydrogens (tertiary/aromatic N) is 2. The van der Waals surface area contributed by atoms with E-state index < -0.39 is 0 Å². The molecule has 0 aromatic heterocycles. The van der Waals surface area contributed by atoms with Gasteiger partial charge in [0.1, 0.15) is 5.75 Å². The quantitative estimate of drug-likeness (QED) is 0.719. The van der Waals surface area contributed by atoms with E-state index in [0.717, 1.165) is 15.7 Å². The van der Waals surface area contributed by atoms with E-state index in [4.69, 9.17) is 9.47 Å². The molecule has 25 heavy (non-hydrogen) atoms. The van der Waals surface area contributed by atoms with E-state index in [9.17, 15) is 4.79 Å². The topological polar surface area (TPSA) is 51.1 Å². The molecule has 0 saturated carbocycles. The van der Waals surface area contributed by atoms with E-state index in [1.807, 2.05) is 48.5 Å². The molecule has 0 unspecified atom stereocenters. The monoisotopic (exact) mass is 402 g/mol. The summed E-state index contributed by atoms with van der Waals surface area (Å²) in [6, 6.07) is 15.3. The van der Waals surface area contributed by atoms with Crippen molar-refractivity contribution >= 4 is 33.7 Å². The predicted octanol–water partition coefficient (Wildman–Crippen LogP) is 3.44. The third kappa shape index (κ3) is 5.41. The van der Waals surface area contributed by atoms with Crippen LogP contribution in [0.2, 0.25) is 0 Å². The second kappa shape index (κ2) is 8.78. The van der Waals surface area contributed by atoms with E-state index in [-0.39, 0.29) is 12.5 Å². The Morgan fingerprint density at radius 3 is 2.48 bits per heavy atom. The van der Waals surface area contributed by atoms with E-state index in [0.29, 0.717) is 32.1 Å². The van der Waals surface area contributed by atoms with Crippen LogP contribution < -0.4 is 4.74 Å². The average molecular weight is 403 g/mol. The van der Waals surface area contributed by atoms with Gasteiger partial charge in [-0.05, 0) is 54.1 Å². The lowest BCUT2D eigenvalue weighted by atomic mass is 10.2. The average Bonchev–Trinajstić information content (AvgIpc) is 2.67. The molecule has 130 valence electrons. The van der Waals surface area contributed by atoms with Crippen molar-refractivity contribution in [1.82, 2.24) is 4.90 Å². The van der Waals surface area contributed by atoms with Gasteiger partial charge in [0.05, 0.1) is 18.9 Å². The van der Waals surface area contributed by atoms with E-state index in [2.05, 4.69) is 20.9 Å². The number of rotatable bonds is 5. The number of halogens is 1. The molecule has 5 nitrogen and oxygen atoms in total. The Morgan fingerprint density at radius 2 is 1.80 bits per heavy atom. The molecule has 0 N–H and O–H groups in total. The molecule has 1 amide bonds. The molecule has 1 fully saturated rings. The van der Waals surface area contributed by atoms with Gasteiger partial charge >= 0.3 is 0 Å². The lowest BCUT2D eigenvalue weighted by Crippen LogP contribution is -2.42. The van der Waals surface area contributed by atoms with Crippen LogP contribution in [-0.4, -0.2) is 49.9 Å². The molecular formula is C19H19BrN2O3. The fraction of sp³-hybridized carbons (Fsp3) is 0.263. The Morgan fingerprint density at radius 1 is 1.12 bits per heavy atom. The van der Waals surface area contributed by atoms with Gasteiger partial charge in [0.15, 0.2) is 6.61 Å². The minimum atomic E-state index is -0.0100. The minimum absolute atomic E-state index is 0.0100. The molecule has 2 aromatic rings. The Bertz CT molecular complexity index is 723. The highest BCUT2D eigenvalue weighted by molar-refractivity contribution is 9.10. The second-order valence-corrected chi connectivity index (χ2v) is 6.50. The van der Waals surface area contributed by atoms with Gasteiger partial charge in [-0.3, -0.25) is 9.79 Å². The van der Waals surface area contributed by atoms with Gasteiger partial charge in [0.2, 0.25) is 0 Å². The van der Waals surface area contributed by atoms with Crippen molar-refractivity contribution in [2.24, 2.45) is 4.99 Å². The maximum Gasteiger partial charge on any atom is 0.260 e. The zero-order valence-electron chi connectivity index (χ0n) is 13.7. The van der Waals surface area contributed by atoms with Gasteiger partial charge in [-0.1, -0.05) is 15.9 Å². The lowest BCUT2D eigenvalue weighted by molar-refractivity contribution is -0.137. The molecule has 0 radical (unpaired) electrons. The van der Waals surface area contributed by atoms with Crippen LogP contribution in [0.25, 0.3) is 0 Å². The molecule has 0 atom stereocenters. The summed E-state index contributed by atoms with van der Waals surface area (Å²) in [6.07, 6.45) is 1.80. The predicted molar refractivity (Wildman–Crippen MR) is 101 cm³/mol. The number of hydrogen-bond acceptors (Lipinski definition) is 4. The number of ether oxygens (including phenoxy) is 2. The van der Waals surface area contributed by atoms with Crippen LogP contribution in [0.1, 0.15) is 5.56 Å². The molecule has 1 saturated heterocycles. The summed E-state index contributed by atoms with van der Waals surface area (Å²) in [5, 5.41) is 0. The number of morpholine rings is 1. The molecule has 6 heteroatoms. The van der Waals surface area contributed by atoms with Gasteiger partial charge < -0.3 is 14.4 Å². The van der Waals surface area contributed by atoms with Crippen LogP contribution in [0.5, 0.6) is 5.75 Å². The highest BCUT2D eigenvalue weighted by atomic mass is 79.9. The number of amides is 1. The molecule has 2 aromatic carbocycles. The fourth-order valence-corrected chi connectivity index (χ4v) is 2.64. The maximum atomic E-state index is 12.0. The summed E-state index contributed by atoms with van der Waals surface area (Å²) in [5.41, 5.74) is 1.86.